The van der Waals surface area contributed by atoms with Gasteiger partial charge in [0.05, 0.1) is 19.8 Å². The van der Waals surface area contributed by atoms with Gasteiger partial charge in [-0.1, -0.05) is 49.4 Å². The third-order valence-electron chi connectivity index (χ3n) is 4.11. The number of aryl methyl sites for hydroxylation is 1. The second-order valence-corrected chi connectivity index (χ2v) is 5.88. The fourth-order valence-electron chi connectivity index (χ4n) is 2.53. The fourth-order valence-corrected chi connectivity index (χ4v) is 2.53. The largest absolute Gasteiger partial charge is 0.497 e. The molecule has 0 fully saturated rings. The number of aliphatic hydroxyl groups is 1. The fraction of sp³-hybridized carbons (Fsp3) is 0.400. The van der Waals surface area contributed by atoms with Gasteiger partial charge in [-0.3, -0.25) is 0 Å². The monoisotopic (exact) mass is 314 g/mol. The highest BCUT2D eigenvalue weighted by atomic mass is 16.5. The Morgan fingerprint density at radius 2 is 1.65 bits per heavy atom. The van der Waals surface area contributed by atoms with Crippen LogP contribution in [0.25, 0.3) is 0 Å². The Bertz CT molecular complexity index is 551. The van der Waals surface area contributed by atoms with E-state index in [-0.39, 0.29) is 18.6 Å². The number of benzene rings is 2. The van der Waals surface area contributed by atoms with Crippen LogP contribution in [-0.2, 0) is 17.8 Å². The van der Waals surface area contributed by atoms with Gasteiger partial charge in [0.15, 0.2) is 0 Å². The lowest BCUT2D eigenvalue weighted by atomic mass is 9.98. The van der Waals surface area contributed by atoms with Gasteiger partial charge < -0.3 is 14.6 Å². The Hall–Kier alpha value is -1.84. The number of aliphatic hydroxyl groups excluding tert-OH is 1. The average Bonchev–Trinajstić information content (AvgIpc) is 2.62. The molecule has 2 aromatic carbocycles. The summed E-state index contributed by atoms with van der Waals surface area (Å²) < 4.78 is 11.2. The van der Waals surface area contributed by atoms with Crippen LogP contribution < -0.4 is 4.74 Å². The van der Waals surface area contributed by atoms with E-state index in [1.807, 2.05) is 37.3 Å². The molecule has 0 heterocycles. The van der Waals surface area contributed by atoms with Gasteiger partial charge in [0.25, 0.3) is 0 Å². The molecule has 3 heteroatoms. The van der Waals surface area contributed by atoms with Gasteiger partial charge in [0.2, 0.25) is 0 Å². The van der Waals surface area contributed by atoms with Crippen LogP contribution in [0.2, 0.25) is 0 Å². The third kappa shape index (κ3) is 5.70. The van der Waals surface area contributed by atoms with Crippen molar-refractivity contribution in [3.8, 4) is 5.75 Å². The van der Waals surface area contributed by atoms with E-state index in [1.165, 1.54) is 5.56 Å². The average molecular weight is 314 g/mol. The van der Waals surface area contributed by atoms with E-state index in [2.05, 4.69) is 24.3 Å². The first-order chi connectivity index (χ1) is 11.2. The van der Waals surface area contributed by atoms with Gasteiger partial charge in [0.1, 0.15) is 5.75 Å². The molecule has 0 radical (unpaired) electrons. The van der Waals surface area contributed by atoms with Crippen LogP contribution in [0.15, 0.2) is 54.6 Å². The van der Waals surface area contributed by atoms with E-state index in [1.54, 1.807) is 7.11 Å². The maximum absolute atomic E-state index is 9.47. The highest BCUT2D eigenvalue weighted by molar-refractivity contribution is 5.26. The Balaban J connectivity index is 1.89. The Morgan fingerprint density at radius 1 is 0.957 bits per heavy atom. The maximum atomic E-state index is 9.47. The lowest BCUT2D eigenvalue weighted by molar-refractivity contribution is -0.0150. The van der Waals surface area contributed by atoms with E-state index in [0.29, 0.717) is 6.61 Å². The molecule has 0 amide bonds. The lowest BCUT2D eigenvalue weighted by Gasteiger charge is -2.23. The van der Waals surface area contributed by atoms with Crippen molar-refractivity contribution >= 4 is 0 Å². The molecule has 2 atom stereocenters. The number of ether oxygens (including phenoxy) is 2. The topological polar surface area (TPSA) is 38.7 Å². The van der Waals surface area contributed by atoms with Gasteiger partial charge in [-0.05, 0) is 36.1 Å². The molecule has 23 heavy (non-hydrogen) atoms. The van der Waals surface area contributed by atoms with Crippen molar-refractivity contribution in [1.29, 1.82) is 0 Å². The number of rotatable bonds is 9. The second kappa shape index (κ2) is 9.33. The molecule has 2 aromatic rings. The normalized spacial score (nSPS) is 13.5. The van der Waals surface area contributed by atoms with E-state index in [9.17, 15) is 5.11 Å². The highest BCUT2D eigenvalue weighted by Crippen LogP contribution is 2.18. The standard InChI is InChI=1S/C20H26O3/c1-16(14-21)20(13-10-17-6-4-3-5-7-17)23-15-18-8-11-19(22-2)12-9-18/h3-9,11-12,16,20-21H,10,13-15H2,1-2H3/t16-,20+/m0/s1. The van der Waals surface area contributed by atoms with Crippen LogP contribution in [-0.4, -0.2) is 24.9 Å². The van der Waals surface area contributed by atoms with Gasteiger partial charge in [-0.25, -0.2) is 0 Å². The zero-order valence-electron chi connectivity index (χ0n) is 13.9. The molecule has 0 bridgehead atoms. The number of hydrogen-bond donors (Lipinski definition) is 1. The van der Waals surface area contributed by atoms with Crippen molar-refractivity contribution in [2.24, 2.45) is 5.92 Å². The van der Waals surface area contributed by atoms with E-state index in [0.717, 1.165) is 24.2 Å². The zero-order valence-corrected chi connectivity index (χ0v) is 13.9. The van der Waals surface area contributed by atoms with Crippen LogP contribution in [0.5, 0.6) is 5.75 Å². The summed E-state index contributed by atoms with van der Waals surface area (Å²) in [5.41, 5.74) is 2.41. The number of methoxy groups -OCH3 is 1. The van der Waals surface area contributed by atoms with E-state index in [4.69, 9.17) is 9.47 Å². The molecule has 124 valence electrons. The first-order valence-electron chi connectivity index (χ1n) is 8.12. The van der Waals surface area contributed by atoms with Crippen molar-refractivity contribution in [2.75, 3.05) is 13.7 Å². The zero-order chi connectivity index (χ0) is 16.5. The molecular formula is C20H26O3. The Kier molecular flexibility index (Phi) is 7.11. The first kappa shape index (κ1) is 17.5. The van der Waals surface area contributed by atoms with Gasteiger partial charge >= 0.3 is 0 Å². The van der Waals surface area contributed by atoms with Crippen molar-refractivity contribution in [1.82, 2.24) is 0 Å². The molecule has 0 spiro atoms. The Labute approximate surface area is 138 Å². The molecule has 0 aliphatic carbocycles. The van der Waals surface area contributed by atoms with Crippen molar-refractivity contribution in [3.63, 3.8) is 0 Å². The molecule has 0 saturated carbocycles. The van der Waals surface area contributed by atoms with Crippen LogP contribution in [0.1, 0.15) is 24.5 Å². The summed E-state index contributed by atoms with van der Waals surface area (Å²) in [6.45, 7) is 2.72. The molecule has 0 aliphatic heterocycles. The molecule has 0 aliphatic rings. The maximum Gasteiger partial charge on any atom is 0.118 e. The molecule has 0 saturated heterocycles. The minimum absolute atomic E-state index is 0.0438. The summed E-state index contributed by atoms with van der Waals surface area (Å²) in [7, 11) is 1.66. The Morgan fingerprint density at radius 3 is 2.26 bits per heavy atom. The first-order valence-corrected chi connectivity index (χ1v) is 8.12. The van der Waals surface area contributed by atoms with Gasteiger partial charge in [0, 0.05) is 12.5 Å². The number of hydrogen-bond acceptors (Lipinski definition) is 3. The summed E-state index contributed by atoms with van der Waals surface area (Å²) in [5.74, 6) is 0.968. The molecular weight excluding hydrogens is 288 g/mol. The second-order valence-electron chi connectivity index (χ2n) is 5.88. The molecule has 0 unspecified atom stereocenters. The van der Waals surface area contributed by atoms with Crippen LogP contribution in [0, 0.1) is 5.92 Å². The predicted molar refractivity (Wildman–Crippen MR) is 92.6 cm³/mol. The summed E-state index contributed by atoms with van der Waals surface area (Å²) in [6.07, 6.45) is 1.91. The van der Waals surface area contributed by atoms with Crippen LogP contribution in [0.3, 0.4) is 0 Å². The predicted octanol–water partition coefficient (Wildman–Crippen LogP) is 3.84. The summed E-state index contributed by atoms with van der Waals surface area (Å²) >= 11 is 0. The van der Waals surface area contributed by atoms with Gasteiger partial charge in [-0.15, -0.1) is 0 Å². The van der Waals surface area contributed by atoms with Crippen LogP contribution >= 0.6 is 0 Å². The molecule has 1 N–H and O–H groups in total. The smallest absolute Gasteiger partial charge is 0.118 e. The summed E-state index contributed by atoms with van der Waals surface area (Å²) in [5, 5.41) is 9.47. The molecule has 2 rings (SSSR count). The van der Waals surface area contributed by atoms with E-state index >= 15 is 0 Å². The summed E-state index contributed by atoms with van der Waals surface area (Å²) in [4.78, 5) is 0. The van der Waals surface area contributed by atoms with Crippen molar-refractivity contribution in [3.05, 3.63) is 65.7 Å². The summed E-state index contributed by atoms with van der Waals surface area (Å²) in [6, 6.07) is 18.3. The van der Waals surface area contributed by atoms with E-state index < -0.39 is 0 Å². The highest BCUT2D eigenvalue weighted by Gasteiger charge is 2.17. The van der Waals surface area contributed by atoms with Crippen molar-refractivity contribution < 1.29 is 14.6 Å². The minimum Gasteiger partial charge on any atom is -0.497 e. The van der Waals surface area contributed by atoms with Crippen molar-refractivity contribution in [2.45, 2.75) is 32.5 Å². The molecule has 3 nitrogen and oxygen atoms in total. The van der Waals surface area contributed by atoms with Crippen LogP contribution in [0.4, 0.5) is 0 Å². The van der Waals surface area contributed by atoms with Gasteiger partial charge in [-0.2, -0.15) is 0 Å². The lowest BCUT2D eigenvalue weighted by Crippen LogP contribution is -2.25. The third-order valence-corrected chi connectivity index (χ3v) is 4.11. The minimum atomic E-state index is 0.0438. The SMILES string of the molecule is COc1ccc(CO[C@H](CCc2ccccc2)[C@@H](C)CO)cc1. The molecule has 0 aromatic heterocycles. The quantitative estimate of drug-likeness (QED) is 0.764.